The fourth-order valence-corrected chi connectivity index (χ4v) is 5.70. The van der Waals surface area contributed by atoms with Crippen LogP contribution in [0.5, 0.6) is 0 Å². The lowest BCUT2D eigenvalue weighted by atomic mass is 9.67. The van der Waals surface area contributed by atoms with Crippen LogP contribution < -0.4 is 5.32 Å². The number of halogens is 2. The Kier molecular flexibility index (Phi) is 9.27. The van der Waals surface area contributed by atoms with Crippen molar-refractivity contribution in [1.29, 1.82) is 0 Å². The van der Waals surface area contributed by atoms with Crippen LogP contribution in [0, 0.1) is 17.3 Å². The second kappa shape index (κ2) is 11.0. The molecule has 1 N–H and O–H groups in total. The van der Waals surface area contributed by atoms with E-state index in [9.17, 15) is 4.79 Å². The van der Waals surface area contributed by atoms with Crippen LogP contribution in [0.2, 0.25) is 0 Å². The summed E-state index contributed by atoms with van der Waals surface area (Å²) in [6, 6.07) is 10.7. The smallest absolute Gasteiger partial charge is 0.230 e. The minimum absolute atomic E-state index is 0. The van der Waals surface area contributed by atoms with Crippen molar-refractivity contribution in [3.05, 3.63) is 35.9 Å². The van der Waals surface area contributed by atoms with Crippen molar-refractivity contribution in [3.63, 3.8) is 0 Å². The van der Waals surface area contributed by atoms with Crippen LogP contribution in [-0.4, -0.2) is 55.5 Å². The first kappa shape index (κ1) is 24.5. The largest absolute Gasteiger partial charge is 0.342 e. The number of piperidine rings is 1. The maximum Gasteiger partial charge on any atom is 0.230 e. The van der Waals surface area contributed by atoms with Gasteiger partial charge in [0.15, 0.2) is 0 Å². The topological polar surface area (TPSA) is 35.6 Å². The first-order valence-corrected chi connectivity index (χ1v) is 10.9. The van der Waals surface area contributed by atoms with E-state index in [0.29, 0.717) is 17.7 Å². The number of hydrogen-bond donors (Lipinski definition) is 1. The van der Waals surface area contributed by atoms with E-state index in [2.05, 4.69) is 52.5 Å². The van der Waals surface area contributed by atoms with Crippen LogP contribution in [0.3, 0.4) is 0 Å². The molecule has 3 aliphatic rings. The molecular weight excluding hydrogens is 405 g/mol. The van der Waals surface area contributed by atoms with Gasteiger partial charge < -0.3 is 15.1 Å². The molecule has 164 valence electrons. The summed E-state index contributed by atoms with van der Waals surface area (Å²) in [6.07, 6.45) is 7.17. The fraction of sp³-hybridized carbons (Fsp3) is 0.696. The van der Waals surface area contributed by atoms with Crippen molar-refractivity contribution in [2.24, 2.45) is 17.3 Å². The molecule has 0 radical (unpaired) electrons. The molecule has 3 fully saturated rings. The normalized spacial score (nSPS) is 27.1. The molecule has 2 saturated heterocycles. The zero-order valence-electron chi connectivity index (χ0n) is 17.6. The summed E-state index contributed by atoms with van der Waals surface area (Å²) in [5, 5.41) is 3.53. The van der Waals surface area contributed by atoms with Crippen LogP contribution in [0.15, 0.2) is 30.3 Å². The SMILES string of the molecule is CN(Cc1ccccc1)CC1CCN(C(=O)[C@@]23CCCC[C@H]2CNC3)CC1.Cl.Cl. The molecule has 4 nitrogen and oxygen atoms in total. The van der Waals surface area contributed by atoms with Crippen LogP contribution in [0.4, 0.5) is 0 Å². The summed E-state index contributed by atoms with van der Waals surface area (Å²) in [6.45, 7) is 6.01. The molecule has 29 heavy (non-hydrogen) atoms. The molecule has 2 heterocycles. The van der Waals surface area contributed by atoms with Crippen molar-refractivity contribution < 1.29 is 4.79 Å². The van der Waals surface area contributed by atoms with Crippen molar-refractivity contribution in [2.45, 2.75) is 45.1 Å². The Morgan fingerprint density at radius 2 is 1.86 bits per heavy atom. The van der Waals surface area contributed by atoms with Gasteiger partial charge in [0, 0.05) is 32.7 Å². The highest BCUT2D eigenvalue weighted by Crippen LogP contribution is 2.45. The van der Waals surface area contributed by atoms with Gasteiger partial charge in [-0.05, 0) is 56.7 Å². The molecule has 4 rings (SSSR count). The number of benzene rings is 1. The molecule has 0 bridgehead atoms. The maximum absolute atomic E-state index is 13.4. The Balaban J connectivity index is 0.00000150. The molecule has 6 heteroatoms. The Morgan fingerprint density at radius 3 is 2.59 bits per heavy atom. The van der Waals surface area contributed by atoms with Gasteiger partial charge in [-0.15, -0.1) is 24.8 Å². The van der Waals surface area contributed by atoms with Gasteiger partial charge in [-0.1, -0.05) is 43.2 Å². The Hall–Kier alpha value is -0.810. The van der Waals surface area contributed by atoms with E-state index in [-0.39, 0.29) is 30.2 Å². The molecule has 1 amide bonds. The van der Waals surface area contributed by atoms with Gasteiger partial charge in [-0.3, -0.25) is 4.79 Å². The number of rotatable bonds is 5. The van der Waals surface area contributed by atoms with E-state index in [4.69, 9.17) is 0 Å². The van der Waals surface area contributed by atoms with E-state index in [0.717, 1.165) is 58.5 Å². The third kappa shape index (κ3) is 5.46. The highest BCUT2D eigenvalue weighted by Gasteiger charge is 2.51. The third-order valence-electron chi connectivity index (χ3n) is 7.23. The van der Waals surface area contributed by atoms with Gasteiger partial charge in [0.1, 0.15) is 0 Å². The van der Waals surface area contributed by atoms with Gasteiger partial charge >= 0.3 is 0 Å². The minimum atomic E-state index is -0.0742. The standard InChI is InChI=1S/C23H35N3O.2ClH/c1-25(16-19-7-3-2-4-8-19)17-20-10-13-26(14-11-20)22(27)23-12-6-5-9-21(23)15-24-18-23;;/h2-4,7-8,20-21,24H,5-6,9-18H2,1H3;2*1H/t21-,23+;;/m0../s1. The predicted molar refractivity (Wildman–Crippen MR) is 124 cm³/mol. The molecule has 1 aliphatic carbocycles. The second-order valence-electron chi connectivity index (χ2n) is 9.15. The maximum atomic E-state index is 13.4. The molecule has 0 aromatic heterocycles. The Labute approximate surface area is 188 Å². The van der Waals surface area contributed by atoms with Crippen LogP contribution >= 0.6 is 24.8 Å². The van der Waals surface area contributed by atoms with Gasteiger partial charge in [-0.25, -0.2) is 0 Å². The van der Waals surface area contributed by atoms with Gasteiger partial charge in [0.25, 0.3) is 0 Å². The van der Waals surface area contributed by atoms with E-state index in [1.165, 1.54) is 24.8 Å². The summed E-state index contributed by atoms with van der Waals surface area (Å²) in [5.41, 5.74) is 1.30. The summed E-state index contributed by atoms with van der Waals surface area (Å²) >= 11 is 0. The summed E-state index contributed by atoms with van der Waals surface area (Å²) < 4.78 is 0. The first-order valence-electron chi connectivity index (χ1n) is 10.9. The number of carbonyl (C=O) groups is 1. The number of fused-ring (bicyclic) bond motifs is 1. The van der Waals surface area contributed by atoms with Crippen molar-refractivity contribution >= 4 is 30.7 Å². The number of nitrogens with zero attached hydrogens (tertiary/aromatic N) is 2. The molecule has 1 aromatic rings. The number of carbonyl (C=O) groups excluding carboxylic acids is 1. The zero-order chi connectivity index (χ0) is 18.7. The van der Waals surface area contributed by atoms with E-state index in [1.807, 2.05) is 0 Å². The summed E-state index contributed by atoms with van der Waals surface area (Å²) in [4.78, 5) is 18.0. The van der Waals surface area contributed by atoms with Gasteiger partial charge in [0.05, 0.1) is 5.41 Å². The monoisotopic (exact) mass is 441 g/mol. The molecule has 2 atom stereocenters. The van der Waals surface area contributed by atoms with E-state index >= 15 is 0 Å². The van der Waals surface area contributed by atoms with Crippen LogP contribution in [0.25, 0.3) is 0 Å². The average molecular weight is 442 g/mol. The number of likely N-dealkylation sites (tertiary alicyclic amines) is 1. The summed E-state index contributed by atoms with van der Waals surface area (Å²) in [5.74, 6) is 1.76. The quantitative estimate of drug-likeness (QED) is 0.750. The molecule has 2 aliphatic heterocycles. The molecular formula is C23H37Cl2N3O. The van der Waals surface area contributed by atoms with E-state index in [1.54, 1.807) is 0 Å². The highest BCUT2D eigenvalue weighted by molar-refractivity contribution is 5.85. The van der Waals surface area contributed by atoms with Crippen LogP contribution in [0.1, 0.15) is 44.1 Å². The number of nitrogens with one attached hydrogen (secondary N) is 1. The van der Waals surface area contributed by atoms with Crippen molar-refractivity contribution in [3.8, 4) is 0 Å². The lowest BCUT2D eigenvalue weighted by Crippen LogP contribution is -2.52. The highest BCUT2D eigenvalue weighted by atomic mass is 35.5. The summed E-state index contributed by atoms with van der Waals surface area (Å²) in [7, 11) is 2.22. The van der Waals surface area contributed by atoms with E-state index < -0.39 is 0 Å². The zero-order valence-corrected chi connectivity index (χ0v) is 19.3. The average Bonchev–Trinajstić information content (AvgIpc) is 3.14. The third-order valence-corrected chi connectivity index (χ3v) is 7.23. The minimum Gasteiger partial charge on any atom is -0.342 e. The Bertz CT molecular complexity index is 636. The van der Waals surface area contributed by atoms with Crippen molar-refractivity contribution in [1.82, 2.24) is 15.1 Å². The molecule has 0 unspecified atom stereocenters. The lowest BCUT2D eigenvalue weighted by Gasteiger charge is -2.43. The van der Waals surface area contributed by atoms with Crippen LogP contribution in [-0.2, 0) is 11.3 Å². The second-order valence-corrected chi connectivity index (χ2v) is 9.15. The van der Waals surface area contributed by atoms with Gasteiger partial charge in [-0.2, -0.15) is 0 Å². The predicted octanol–water partition coefficient (Wildman–Crippen LogP) is 3.98. The van der Waals surface area contributed by atoms with Gasteiger partial charge in [0.2, 0.25) is 5.91 Å². The van der Waals surface area contributed by atoms with Crippen molar-refractivity contribution in [2.75, 3.05) is 39.8 Å². The number of amides is 1. The fourth-order valence-electron chi connectivity index (χ4n) is 5.70. The first-order chi connectivity index (χ1) is 13.2. The molecule has 1 saturated carbocycles. The molecule has 1 aromatic carbocycles. The molecule has 0 spiro atoms. The Morgan fingerprint density at radius 1 is 1.14 bits per heavy atom. The lowest BCUT2D eigenvalue weighted by molar-refractivity contribution is -0.147. The number of hydrogen-bond acceptors (Lipinski definition) is 3.